The van der Waals surface area contributed by atoms with E-state index in [1.807, 2.05) is 6.08 Å². The Kier molecular flexibility index (Phi) is 5.49. The number of nitrogen functional groups attached to an aromatic ring is 1. The van der Waals surface area contributed by atoms with Crippen LogP contribution in [0, 0.1) is 0 Å². The van der Waals surface area contributed by atoms with E-state index in [1.165, 1.54) is 4.57 Å². The number of aromatic amines is 1. The second kappa shape index (κ2) is 8.00. The SMILES string of the molecule is CNc1nc2c(c(N)nc(=O)n2CCN[C@@H](CC2=CCC=N2)C(=O)O)c(=O)[nH]1. The van der Waals surface area contributed by atoms with Crippen LogP contribution in [-0.4, -0.2) is 56.4 Å². The first-order valence-corrected chi connectivity index (χ1v) is 8.56. The van der Waals surface area contributed by atoms with Crippen LogP contribution in [0.2, 0.25) is 0 Å². The van der Waals surface area contributed by atoms with Crippen LogP contribution in [0.5, 0.6) is 0 Å². The first-order chi connectivity index (χ1) is 13.4. The highest BCUT2D eigenvalue weighted by Gasteiger charge is 2.20. The van der Waals surface area contributed by atoms with Crippen molar-refractivity contribution in [3.8, 4) is 0 Å². The van der Waals surface area contributed by atoms with Crippen molar-refractivity contribution in [3.63, 3.8) is 0 Å². The van der Waals surface area contributed by atoms with Crippen molar-refractivity contribution >= 4 is 35.0 Å². The Morgan fingerprint density at radius 2 is 2.21 bits per heavy atom. The molecule has 0 radical (unpaired) electrons. The van der Waals surface area contributed by atoms with Crippen molar-refractivity contribution in [1.82, 2.24) is 24.8 Å². The molecule has 6 N–H and O–H groups in total. The van der Waals surface area contributed by atoms with Gasteiger partial charge in [0.15, 0.2) is 5.65 Å². The summed E-state index contributed by atoms with van der Waals surface area (Å²) in [4.78, 5) is 50.5. The molecule has 2 aromatic heterocycles. The molecule has 0 saturated heterocycles. The molecule has 0 unspecified atom stereocenters. The Morgan fingerprint density at radius 3 is 2.86 bits per heavy atom. The van der Waals surface area contributed by atoms with Crippen LogP contribution in [0.4, 0.5) is 11.8 Å². The van der Waals surface area contributed by atoms with Crippen molar-refractivity contribution in [2.45, 2.75) is 25.4 Å². The van der Waals surface area contributed by atoms with Gasteiger partial charge in [-0.1, -0.05) is 6.08 Å². The predicted octanol–water partition coefficient (Wildman–Crippen LogP) is -1.10. The number of rotatable bonds is 8. The van der Waals surface area contributed by atoms with Gasteiger partial charge in [-0.05, 0) is 0 Å². The van der Waals surface area contributed by atoms with Crippen molar-refractivity contribution in [2.24, 2.45) is 4.99 Å². The molecule has 0 aromatic carbocycles. The topological polar surface area (TPSA) is 180 Å². The fourth-order valence-corrected chi connectivity index (χ4v) is 2.87. The van der Waals surface area contributed by atoms with Gasteiger partial charge < -0.3 is 21.5 Å². The number of nitrogens with zero attached hydrogens (tertiary/aromatic N) is 4. The molecule has 0 fully saturated rings. The number of allylic oxidation sites excluding steroid dienone is 1. The van der Waals surface area contributed by atoms with E-state index in [4.69, 9.17) is 5.73 Å². The van der Waals surface area contributed by atoms with Crippen molar-refractivity contribution in [2.75, 3.05) is 24.6 Å². The van der Waals surface area contributed by atoms with Gasteiger partial charge in [0.05, 0.1) is 0 Å². The molecular formula is C16H20N8O4. The molecule has 0 saturated carbocycles. The maximum absolute atomic E-state index is 12.3. The van der Waals surface area contributed by atoms with Crippen LogP contribution in [0.1, 0.15) is 12.8 Å². The molecule has 28 heavy (non-hydrogen) atoms. The lowest BCUT2D eigenvalue weighted by atomic mass is 10.1. The molecule has 1 aliphatic rings. The molecule has 1 aliphatic heterocycles. The Bertz CT molecular complexity index is 1080. The molecule has 0 bridgehead atoms. The highest BCUT2D eigenvalue weighted by Crippen LogP contribution is 2.13. The van der Waals surface area contributed by atoms with E-state index in [2.05, 4.69) is 30.6 Å². The molecule has 3 rings (SSSR count). The zero-order valence-electron chi connectivity index (χ0n) is 15.1. The number of anilines is 2. The number of nitrogens with two attached hydrogens (primary N) is 1. The zero-order chi connectivity index (χ0) is 20.3. The first kappa shape index (κ1) is 19.2. The Morgan fingerprint density at radius 1 is 1.43 bits per heavy atom. The average Bonchev–Trinajstić information content (AvgIpc) is 3.15. The number of carboxylic acid groups (broad SMARTS) is 1. The number of aliphatic imine (C=N–C) groups is 1. The zero-order valence-corrected chi connectivity index (χ0v) is 15.1. The smallest absolute Gasteiger partial charge is 0.351 e. The summed E-state index contributed by atoms with van der Waals surface area (Å²) >= 11 is 0. The number of hydrogen-bond donors (Lipinski definition) is 5. The molecule has 2 aromatic rings. The standard InChI is InChI=1S/C16H20N8O4/c1-18-15-22-12-10(13(25)23-15)11(17)21-16(28)24(12)6-5-20-9(14(26)27)7-8-3-2-4-19-8/h3-4,9,20H,2,5-7H2,1H3,(H,26,27)(H2,17,21,28)(H2,18,22,23,25)/t9-/m0/s1. The number of aliphatic carboxylic acids is 1. The molecule has 148 valence electrons. The van der Waals surface area contributed by atoms with Crippen LogP contribution in [-0.2, 0) is 11.3 Å². The van der Waals surface area contributed by atoms with Gasteiger partial charge in [-0.2, -0.15) is 9.97 Å². The van der Waals surface area contributed by atoms with E-state index in [0.717, 1.165) is 0 Å². The maximum atomic E-state index is 12.3. The average molecular weight is 388 g/mol. The minimum Gasteiger partial charge on any atom is -0.480 e. The van der Waals surface area contributed by atoms with Gasteiger partial charge in [-0.3, -0.25) is 24.1 Å². The quantitative estimate of drug-likeness (QED) is 0.375. The number of fused-ring (bicyclic) bond motifs is 1. The highest BCUT2D eigenvalue weighted by molar-refractivity contribution is 5.85. The molecule has 1 atom stereocenters. The summed E-state index contributed by atoms with van der Waals surface area (Å²) in [6.45, 7) is 0.187. The lowest BCUT2D eigenvalue weighted by Gasteiger charge is -2.15. The number of nitrogens with one attached hydrogen (secondary N) is 3. The third-order valence-electron chi connectivity index (χ3n) is 4.25. The lowest BCUT2D eigenvalue weighted by molar-refractivity contribution is -0.139. The van der Waals surface area contributed by atoms with Crippen LogP contribution in [0.15, 0.2) is 26.4 Å². The second-order valence-corrected chi connectivity index (χ2v) is 6.09. The van der Waals surface area contributed by atoms with Gasteiger partial charge in [0.1, 0.15) is 17.2 Å². The van der Waals surface area contributed by atoms with Gasteiger partial charge in [0, 0.05) is 44.9 Å². The van der Waals surface area contributed by atoms with Crippen LogP contribution in [0.25, 0.3) is 11.0 Å². The molecule has 3 heterocycles. The summed E-state index contributed by atoms with van der Waals surface area (Å²) in [5.74, 6) is -1.07. The first-order valence-electron chi connectivity index (χ1n) is 8.56. The summed E-state index contributed by atoms with van der Waals surface area (Å²) in [6, 6.07) is -0.866. The Hall–Kier alpha value is -3.54. The Balaban J connectivity index is 1.84. The fourth-order valence-electron chi connectivity index (χ4n) is 2.87. The van der Waals surface area contributed by atoms with E-state index in [-0.39, 0.29) is 42.3 Å². The number of aromatic nitrogens is 4. The molecule has 0 aliphatic carbocycles. The van der Waals surface area contributed by atoms with Gasteiger partial charge in [-0.15, -0.1) is 0 Å². The van der Waals surface area contributed by atoms with E-state index < -0.39 is 23.3 Å². The van der Waals surface area contributed by atoms with Crippen molar-refractivity contribution in [1.29, 1.82) is 0 Å². The van der Waals surface area contributed by atoms with Crippen LogP contribution < -0.4 is 27.6 Å². The highest BCUT2D eigenvalue weighted by atomic mass is 16.4. The van der Waals surface area contributed by atoms with E-state index in [0.29, 0.717) is 12.1 Å². The second-order valence-electron chi connectivity index (χ2n) is 6.09. The molecule has 12 nitrogen and oxygen atoms in total. The predicted molar refractivity (Wildman–Crippen MR) is 104 cm³/mol. The maximum Gasteiger partial charge on any atom is 0.351 e. The number of hydrogen-bond acceptors (Lipinski definition) is 9. The van der Waals surface area contributed by atoms with E-state index >= 15 is 0 Å². The summed E-state index contributed by atoms with van der Waals surface area (Å²) in [5, 5.41) is 15.0. The lowest BCUT2D eigenvalue weighted by Crippen LogP contribution is -2.40. The summed E-state index contributed by atoms with van der Waals surface area (Å²) in [5.41, 5.74) is 5.27. The minimum absolute atomic E-state index is 0.00108. The van der Waals surface area contributed by atoms with Crippen molar-refractivity contribution < 1.29 is 9.90 Å². The number of H-pyrrole nitrogens is 1. The van der Waals surface area contributed by atoms with Gasteiger partial charge >= 0.3 is 11.7 Å². The van der Waals surface area contributed by atoms with Gasteiger partial charge in [0.25, 0.3) is 5.56 Å². The Labute approximate surface area is 158 Å². The van der Waals surface area contributed by atoms with E-state index in [9.17, 15) is 19.5 Å². The third-order valence-corrected chi connectivity index (χ3v) is 4.25. The normalized spacial score (nSPS) is 14.2. The monoisotopic (exact) mass is 388 g/mol. The largest absolute Gasteiger partial charge is 0.480 e. The molecule has 0 spiro atoms. The van der Waals surface area contributed by atoms with Crippen molar-refractivity contribution in [3.05, 3.63) is 32.6 Å². The molecular weight excluding hydrogens is 368 g/mol. The van der Waals surface area contributed by atoms with Crippen LogP contribution >= 0.6 is 0 Å². The molecule has 0 amide bonds. The fraction of sp³-hybridized carbons (Fsp3) is 0.375. The molecule has 12 heteroatoms. The summed E-state index contributed by atoms with van der Waals surface area (Å²) in [7, 11) is 1.57. The van der Waals surface area contributed by atoms with Gasteiger partial charge in [-0.25, -0.2) is 4.79 Å². The number of carbonyl (C=O) groups is 1. The summed E-state index contributed by atoms with van der Waals surface area (Å²) in [6.07, 6.45) is 4.48. The third kappa shape index (κ3) is 3.91. The minimum atomic E-state index is -1.03. The number of carboxylic acids is 1. The summed E-state index contributed by atoms with van der Waals surface area (Å²) < 4.78 is 1.18. The van der Waals surface area contributed by atoms with Crippen LogP contribution in [0.3, 0.4) is 0 Å². The van der Waals surface area contributed by atoms with E-state index in [1.54, 1.807) is 13.3 Å². The van der Waals surface area contributed by atoms with Gasteiger partial charge in [0.2, 0.25) is 5.95 Å².